The van der Waals surface area contributed by atoms with Gasteiger partial charge in [0.2, 0.25) is 0 Å². The van der Waals surface area contributed by atoms with E-state index >= 15 is 0 Å². The zero-order valence-corrected chi connectivity index (χ0v) is 14.5. The summed E-state index contributed by atoms with van der Waals surface area (Å²) in [5.41, 5.74) is -0.00786. The van der Waals surface area contributed by atoms with Crippen LogP contribution in [0.2, 0.25) is 0 Å². The van der Waals surface area contributed by atoms with E-state index in [0.717, 1.165) is 12.1 Å². The summed E-state index contributed by atoms with van der Waals surface area (Å²) in [6.07, 6.45) is -2.70. The van der Waals surface area contributed by atoms with E-state index in [1.165, 1.54) is 6.26 Å². The standard InChI is InChI=1S/C19H15F4N3O2/c20-14-8-12(19(21,22)23)4-3-11(14)9-26-6-5-13-15(10-26)24-17(25-18(13)27)16-2-1-7-28-16/h1-4,7-8H,5-6,9-10H2,(H,24,25,27). The minimum Gasteiger partial charge on any atom is -0.461 e. The van der Waals surface area contributed by atoms with Crippen LogP contribution in [0, 0.1) is 5.82 Å². The molecule has 9 heteroatoms. The van der Waals surface area contributed by atoms with Crippen molar-refractivity contribution in [1.29, 1.82) is 0 Å². The lowest BCUT2D eigenvalue weighted by molar-refractivity contribution is -0.137. The maximum atomic E-state index is 14.1. The van der Waals surface area contributed by atoms with E-state index in [1.54, 1.807) is 12.1 Å². The summed E-state index contributed by atoms with van der Waals surface area (Å²) in [5, 5.41) is 0. The van der Waals surface area contributed by atoms with E-state index in [0.29, 0.717) is 41.9 Å². The Morgan fingerprint density at radius 3 is 2.75 bits per heavy atom. The minimum absolute atomic E-state index is 0.119. The maximum absolute atomic E-state index is 14.1. The predicted molar refractivity (Wildman–Crippen MR) is 91.8 cm³/mol. The molecule has 0 atom stereocenters. The van der Waals surface area contributed by atoms with Crippen LogP contribution in [0.4, 0.5) is 17.6 Å². The lowest BCUT2D eigenvalue weighted by Crippen LogP contribution is -2.35. The number of benzene rings is 1. The first kappa shape index (κ1) is 18.4. The molecule has 3 aromatic rings. The van der Waals surface area contributed by atoms with E-state index < -0.39 is 17.6 Å². The third kappa shape index (κ3) is 3.57. The van der Waals surface area contributed by atoms with Crippen LogP contribution in [0.5, 0.6) is 0 Å². The molecule has 0 aliphatic carbocycles. The van der Waals surface area contributed by atoms with Crippen LogP contribution in [-0.2, 0) is 25.7 Å². The minimum atomic E-state index is -4.59. The molecule has 28 heavy (non-hydrogen) atoms. The molecule has 0 unspecified atom stereocenters. The zero-order valence-electron chi connectivity index (χ0n) is 14.5. The van der Waals surface area contributed by atoms with Gasteiger partial charge in [-0.15, -0.1) is 0 Å². The number of furan rings is 1. The second-order valence-corrected chi connectivity index (χ2v) is 6.58. The van der Waals surface area contributed by atoms with Gasteiger partial charge in [0.1, 0.15) is 5.82 Å². The van der Waals surface area contributed by atoms with Crippen molar-refractivity contribution in [3.8, 4) is 11.6 Å². The predicted octanol–water partition coefficient (Wildman–Crippen LogP) is 3.75. The first-order valence-corrected chi connectivity index (χ1v) is 8.55. The van der Waals surface area contributed by atoms with Crippen molar-refractivity contribution in [2.24, 2.45) is 0 Å². The number of halogens is 4. The quantitative estimate of drug-likeness (QED) is 0.689. The molecule has 0 saturated heterocycles. The summed E-state index contributed by atoms with van der Waals surface area (Å²) in [4.78, 5) is 21.3. The second-order valence-electron chi connectivity index (χ2n) is 6.58. The van der Waals surface area contributed by atoms with Gasteiger partial charge in [0.05, 0.1) is 17.5 Å². The molecule has 0 bridgehead atoms. The van der Waals surface area contributed by atoms with Crippen molar-refractivity contribution in [2.75, 3.05) is 6.54 Å². The number of aromatic nitrogens is 2. The summed E-state index contributed by atoms with van der Waals surface area (Å²) >= 11 is 0. The highest BCUT2D eigenvalue weighted by Crippen LogP contribution is 2.30. The molecular formula is C19H15F4N3O2. The third-order valence-electron chi connectivity index (χ3n) is 4.68. The highest BCUT2D eigenvalue weighted by atomic mass is 19.4. The van der Waals surface area contributed by atoms with Gasteiger partial charge in [-0.05, 0) is 30.7 Å². The summed E-state index contributed by atoms with van der Waals surface area (Å²) in [5.74, 6) is -0.183. The average Bonchev–Trinajstić information content (AvgIpc) is 3.17. The van der Waals surface area contributed by atoms with Gasteiger partial charge in [-0.1, -0.05) is 6.07 Å². The normalized spacial score (nSPS) is 14.9. The molecule has 4 rings (SSSR count). The lowest BCUT2D eigenvalue weighted by atomic mass is 10.0. The SMILES string of the molecule is O=c1[nH]c(-c2ccco2)nc2c1CCN(Cc1ccc(C(F)(F)F)cc1F)C2. The second kappa shape index (κ2) is 6.90. The first-order valence-electron chi connectivity index (χ1n) is 8.55. The van der Waals surface area contributed by atoms with Crippen molar-refractivity contribution in [2.45, 2.75) is 25.7 Å². The summed E-state index contributed by atoms with van der Waals surface area (Å²) < 4.78 is 57.5. The number of alkyl halides is 3. The molecule has 3 heterocycles. The summed E-state index contributed by atoms with van der Waals surface area (Å²) in [6, 6.07) is 5.87. The fourth-order valence-corrected chi connectivity index (χ4v) is 3.25. The molecule has 0 radical (unpaired) electrons. The van der Waals surface area contributed by atoms with E-state index in [4.69, 9.17) is 4.42 Å². The number of nitrogens with one attached hydrogen (secondary N) is 1. The third-order valence-corrected chi connectivity index (χ3v) is 4.68. The molecule has 0 saturated carbocycles. The number of aromatic amines is 1. The van der Waals surface area contributed by atoms with Gasteiger partial charge in [-0.2, -0.15) is 13.2 Å². The van der Waals surface area contributed by atoms with Crippen LogP contribution in [0.25, 0.3) is 11.6 Å². The lowest BCUT2D eigenvalue weighted by Gasteiger charge is -2.27. The monoisotopic (exact) mass is 393 g/mol. The molecule has 1 N–H and O–H groups in total. The Morgan fingerprint density at radius 2 is 2.07 bits per heavy atom. The molecule has 0 spiro atoms. The molecule has 1 aliphatic rings. The number of fused-ring (bicyclic) bond motifs is 1. The Morgan fingerprint density at radius 1 is 1.25 bits per heavy atom. The van der Waals surface area contributed by atoms with Gasteiger partial charge in [0.15, 0.2) is 11.6 Å². The van der Waals surface area contributed by atoms with Crippen LogP contribution in [0.3, 0.4) is 0 Å². The van der Waals surface area contributed by atoms with Gasteiger partial charge in [-0.25, -0.2) is 9.37 Å². The smallest absolute Gasteiger partial charge is 0.416 e. The van der Waals surface area contributed by atoms with E-state index in [-0.39, 0.29) is 24.2 Å². The van der Waals surface area contributed by atoms with Crippen LogP contribution in [-0.4, -0.2) is 21.4 Å². The van der Waals surface area contributed by atoms with Crippen LogP contribution >= 0.6 is 0 Å². The Bertz CT molecular complexity index is 1060. The fourth-order valence-electron chi connectivity index (χ4n) is 3.25. The van der Waals surface area contributed by atoms with Crippen molar-refractivity contribution in [3.05, 3.63) is 75.2 Å². The van der Waals surface area contributed by atoms with Crippen LogP contribution in [0.15, 0.2) is 45.8 Å². The first-order chi connectivity index (χ1) is 13.3. The molecule has 0 fully saturated rings. The number of H-pyrrole nitrogens is 1. The van der Waals surface area contributed by atoms with E-state index in [2.05, 4.69) is 9.97 Å². The van der Waals surface area contributed by atoms with Crippen LogP contribution in [0.1, 0.15) is 22.4 Å². The molecule has 146 valence electrons. The molecule has 1 aliphatic heterocycles. The Balaban J connectivity index is 1.57. The highest BCUT2D eigenvalue weighted by Gasteiger charge is 2.31. The molecule has 0 amide bonds. The number of rotatable bonds is 3. The summed E-state index contributed by atoms with van der Waals surface area (Å²) in [7, 11) is 0. The zero-order chi connectivity index (χ0) is 19.9. The maximum Gasteiger partial charge on any atom is 0.416 e. The molecule has 1 aromatic carbocycles. The number of hydrogen-bond donors (Lipinski definition) is 1. The fraction of sp³-hybridized carbons (Fsp3) is 0.263. The van der Waals surface area contributed by atoms with Crippen molar-refractivity contribution in [3.63, 3.8) is 0 Å². The van der Waals surface area contributed by atoms with Crippen molar-refractivity contribution in [1.82, 2.24) is 14.9 Å². The van der Waals surface area contributed by atoms with Crippen molar-refractivity contribution < 1.29 is 22.0 Å². The number of hydrogen-bond acceptors (Lipinski definition) is 4. The van der Waals surface area contributed by atoms with Crippen LogP contribution < -0.4 is 5.56 Å². The van der Waals surface area contributed by atoms with Gasteiger partial charge in [-0.3, -0.25) is 9.69 Å². The van der Waals surface area contributed by atoms with Crippen molar-refractivity contribution >= 4 is 0 Å². The summed E-state index contributed by atoms with van der Waals surface area (Å²) in [6.45, 7) is 0.875. The van der Waals surface area contributed by atoms with Gasteiger partial charge < -0.3 is 9.40 Å². The van der Waals surface area contributed by atoms with Gasteiger partial charge >= 0.3 is 6.18 Å². The Hall–Kier alpha value is -2.94. The number of nitrogens with zero attached hydrogens (tertiary/aromatic N) is 2. The topological polar surface area (TPSA) is 62.1 Å². The largest absolute Gasteiger partial charge is 0.461 e. The van der Waals surface area contributed by atoms with E-state index in [9.17, 15) is 22.4 Å². The van der Waals surface area contributed by atoms with E-state index in [1.807, 2.05) is 4.90 Å². The molecular weight excluding hydrogens is 378 g/mol. The average molecular weight is 393 g/mol. The molecule has 5 nitrogen and oxygen atoms in total. The Kier molecular flexibility index (Phi) is 4.54. The van der Waals surface area contributed by atoms with Gasteiger partial charge in [0.25, 0.3) is 5.56 Å². The molecule has 2 aromatic heterocycles. The Labute approximate surface area is 156 Å². The highest BCUT2D eigenvalue weighted by molar-refractivity contribution is 5.47. The van der Waals surface area contributed by atoms with Gasteiger partial charge in [0, 0.05) is 30.8 Å².